The van der Waals surface area contributed by atoms with Crippen LogP contribution in [0.5, 0.6) is 0 Å². The third-order valence-corrected chi connectivity index (χ3v) is 3.28. The van der Waals surface area contributed by atoms with Gasteiger partial charge in [0.25, 0.3) is 5.91 Å². The number of nitrogens with one attached hydrogen (secondary N) is 2. The molecule has 0 unspecified atom stereocenters. The molecule has 0 aliphatic heterocycles. The summed E-state index contributed by atoms with van der Waals surface area (Å²) in [5, 5.41) is 6.14. The summed E-state index contributed by atoms with van der Waals surface area (Å²) in [5.74, 6) is 0.999. The summed E-state index contributed by atoms with van der Waals surface area (Å²) in [6, 6.07) is 11.4. The molecule has 2 N–H and O–H groups in total. The van der Waals surface area contributed by atoms with Gasteiger partial charge in [-0.3, -0.25) is 4.79 Å². The van der Waals surface area contributed by atoms with Crippen molar-refractivity contribution < 1.29 is 4.79 Å². The van der Waals surface area contributed by atoms with Gasteiger partial charge >= 0.3 is 0 Å². The zero-order chi connectivity index (χ0) is 17.5. The predicted octanol–water partition coefficient (Wildman–Crippen LogP) is 2.26. The highest BCUT2D eigenvalue weighted by Gasteiger charge is 2.13. The number of likely N-dealkylation sites (N-methyl/N-ethyl adjacent to an activating group) is 1. The van der Waals surface area contributed by atoms with E-state index in [1.807, 2.05) is 58.3 Å². The first kappa shape index (κ1) is 17.9. The second-order valence-corrected chi connectivity index (χ2v) is 6.19. The highest BCUT2D eigenvalue weighted by Crippen LogP contribution is 2.17. The highest BCUT2D eigenvalue weighted by molar-refractivity contribution is 5.93. The number of nitrogens with zero attached hydrogens (tertiary/aromatic N) is 3. The summed E-state index contributed by atoms with van der Waals surface area (Å²) in [5.41, 5.74) is 1.25. The lowest BCUT2D eigenvalue weighted by Gasteiger charge is -2.13. The van der Waals surface area contributed by atoms with Crippen molar-refractivity contribution in [1.29, 1.82) is 0 Å². The van der Waals surface area contributed by atoms with Crippen molar-refractivity contribution in [3.8, 4) is 11.4 Å². The largest absolute Gasteiger partial charge is 0.369 e. The van der Waals surface area contributed by atoms with Crippen molar-refractivity contribution >= 4 is 11.7 Å². The van der Waals surface area contributed by atoms with Crippen LogP contribution in [0, 0.1) is 0 Å². The monoisotopic (exact) mass is 327 g/mol. The SMILES string of the molecule is CC(C)NC(=O)c1cc(NCCN(C)C)nc(-c2ccccc2)n1. The lowest BCUT2D eigenvalue weighted by atomic mass is 10.2. The van der Waals surface area contributed by atoms with E-state index in [1.165, 1.54) is 0 Å². The van der Waals surface area contributed by atoms with Gasteiger partial charge in [-0.1, -0.05) is 30.3 Å². The summed E-state index contributed by atoms with van der Waals surface area (Å²) in [4.78, 5) is 23.4. The second kappa shape index (κ2) is 8.40. The van der Waals surface area contributed by atoms with Crippen molar-refractivity contribution in [1.82, 2.24) is 20.2 Å². The van der Waals surface area contributed by atoms with Gasteiger partial charge in [-0.15, -0.1) is 0 Å². The van der Waals surface area contributed by atoms with Crippen LogP contribution in [0.15, 0.2) is 36.4 Å². The molecule has 1 aromatic heterocycles. The van der Waals surface area contributed by atoms with E-state index in [0.717, 1.165) is 18.7 Å². The molecule has 6 heteroatoms. The average Bonchev–Trinajstić information content (AvgIpc) is 2.54. The Hall–Kier alpha value is -2.47. The number of hydrogen-bond donors (Lipinski definition) is 2. The highest BCUT2D eigenvalue weighted by atomic mass is 16.1. The van der Waals surface area contributed by atoms with E-state index >= 15 is 0 Å². The normalized spacial score (nSPS) is 10.9. The van der Waals surface area contributed by atoms with Crippen molar-refractivity contribution in [2.45, 2.75) is 19.9 Å². The molecule has 0 aliphatic rings. The van der Waals surface area contributed by atoms with E-state index in [9.17, 15) is 4.79 Å². The molecule has 0 atom stereocenters. The van der Waals surface area contributed by atoms with Gasteiger partial charge in [-0.25, -0.2) is 9.97 Å². The summed E-state index contributed by atoms with van der Waals surface area (Å²) < 4.78 is 0. The molecule has 0 saturated carbocycles. The molecular weight excluding hydrogens is 302 g/mol. The van der Waals surface area contributed by atoms with Crippen LogP contribution in [0.2, 0.25) is 0 Å². The third kappa shape index (κ3) is 5.31. The lowest BCUT2D eigenvalue weighted by Crippen LogP contribution is -2.31. The summed E-state index contributed by atoms with van der Waals surface area (Å²) >= 11 is 0. The lowest BCUT2D eigenvalue weighted by molar-refractivity contribution is 0.0938. The molecule has 1 amide bonds. The van der Waals surface area contributed by atoms with Crippen LogP contribution in [0.3, 0.4) is 0 Å². The fourth-order valence-electron chi connectivity index (χ4n) is 2.11. The number of benzene rings is 1. The third-order valence-electron chi connectivity index (χ3n) is 3.28. The van der Waals surface area contributed by atoms with Gasteiger partial charge in [-0.05, 0) is 27.9 Å². The predicted molar refractivity (Wildman–Crippen MR) is 97.1 cm³/mol. The van der Waals surface area contributed by atoms with Gasteiger partial charge in [0.2, 0.25) is 0 Å². The van der Waals surface area contributed by atoms with Gasteiger partial charge in [0.05, 0.1) is 0 Å². The van der Waals surface area contributed by atoms with Gasteiger partial charge in [0, 0.05) is 30.8 Å². The first-order chi connectivity index (χ1) is 11.5. The van der Waals surface area contributed by atoms with Crippen LogP contribution in [0.25, 0.3) is 11.4 Å². The molecule has 0 aliphatic carbocycles. The Bertz CT molecular complexity index is 670. The standard InChI is InChI=1S/C18H25N5O/c1-13(2)20-18(24)15-12-16(19-10-11-23(3)4)22-17(21-15)14-8-6-5-7-9-14/h5-9,12-13H,10-11H2,1-4H3,(H,20,24)(H,19,21,22). The Labute approximate surface area is 143 Å². The van der Waals surface area contributed by atoms with Gasteiger partial charge in [0.15, 0.2) is 5.82 Å². The summed E-state index contributed by atoms with van der Waals surface area (Å²) in [6.07, 6.45) is 0. The van der Waals surface area contributed by atoms with Crippen molar-refractivity contribution in [2.75, 3.05) is 32.5 Å². The van der Waals surface area contributed by atoms with Crippen LogP contribution < -0.4 is 10.6 Å². The Morgan fingerprint density at radius 1 is 1.17 bits per heavy atom. The van der Waals surface area contributed by atoms with E-state index in [2.05, 4.69) is 25.5 Å². The van der Waals surface area contributed by atoms with Gasteiger partial charge in [-0.2, -0.15) is 0 Å². The fourth-order valence-corrected chi connectivity index (χ4v) is 2.11. The first-order valence-electron chi connectivity index (χ1n) is 8.09. The number of anilines is 1. The maximum Gasteiger partial charge on any atom is 0.270 e. The Balaban J connectivity index is 2.30. The van der Waals surface area contributed by atoms with E-state index < -0.39 is 0 Å². The summed E-state index contributed by atoms with van der Waals surface area (Å²) in [6.45, 7) is 5.46. The van der Waals surface area contributed by atoms with Crippen LogP contribution >= 0.6 is 0 Å². The molecule has 1 heterocycles. The number of amides is 1. The maximum atomic E-state index is 12.3. The van der Waals surface area contributed by atoms with Crippen molar-refractivity contribution in [3.63, 3.8) is 0 Å². The zero-order valence-corrected chi connectivity index (χ0v) is 14.7. The number of carbonyl (C=O) groups is 1. The fraction of sp³-hybridized carbons (Fsp3) is 0.389. The average molecular weight is 327 g/mol. The zero-order valence-electron chi connectivity index (χ0n) is 14.7. The van der Waals surface area contributed by atoms with Gasteiger partial charge in [0.1, 0.15) is 11.5 Å². The minimum absolute atomic E-state index is 0.0535. The number of rotatable bonds is 7. The molecular formula is C18H25N5O. The molecule has 128 valence electrons. The molecule has 2 rings (SSSR count). The molecule has 1 aromatic carbocycles. The van der Waals surface area contributed by atoms with E-state index in [4.69, 9.17) is 0 Å². The van der Waals surface area contributed by atoms with E-state index in [0.29, 0.717) is 17.3 Å². The topological polar surface area (TPSA) is 70.2 Å². The van der Waals surface area contributed by atoms with Crippen molar-refractivity contribution in [3.05, 3.63) is 42.1 Å². The van der Waals surface area contributed by atoms with Crippen LogP contribution in [-0.4, -0.2) is 54.0 Å². The van der Waals surface area contributed by atoms with Crippen LogP contribution in [0.4, 0.5) is 5.82 Å². The Morgan fingerprint density at radius 3 is 2.50 bits per heavy atom. The van der Waals surface area contributed by atoms with E-state index in [-0.39, 0.29) is 11.9 Å². The maximum absolute atomic E-state index is 12.3. The minimum atomic E-state index is -0.194. The quantitative estimate of drug-likeness (QED) is 0.816. The molecule has 2 aromatic rings. The first-order valence-corrected chi connectivity index (χ1v) is 8.09. The Kier molecular flexibility index (Phi) is 6.26. The van der Waals surface area contributed by atoms with Crippen molar-refractivity contribution in [2.24, 2.45) is 0 Å². The molecule has 0 radical (unpaired) electrons. The molecule has 0 bridgehead atoms. The molecule has 24 heavy (non-hydrogen) atoms. The number of aromatic nitrogens is 2. The van der Waals surface area contributed by atoms with E-state index in [1.54, 1.807) is 6.07 Å². The molecule has 0 saturated heterocycles. The van der Waals surface area contributed by atoms with Crippen LogP contribution in [-0.2, 0) is 0 Å². The second-order valence-electron chi connectivity index (χ2n) is 6.19. The van der Waals surface area contributed by atoms with Gasteiger partial charge < -0.3 is 15.5 Å². The minimum Gasteiger partial charge on any atom is -0.369 e. The molecule has 6 nitrogen and oxygen atoms in total. The van der Waals surface area contributed by atoms with Crippen LogP contribution in [0.1, 0.15) is 24.3 Å². The summed E-state index contributed by atoms with van der Waals surface area (Å²) in [7, 11) is 4.02. The molecule has 0 spiro atoms. The smallest absolute Gasteiger partial charge is 0.270 e. The Morgan fingerprint density at radius 2 is 1.88 bits per heavy atom. The number of hydrogen-bond acceptors (Lipinski definition) is 5. The molecule has 0 fully saturated rings. The number of carbonyl (C=O) groups excluding carboxylic acids is 1.